The largest absolute Gasteiger partial charge is 0.325 e. The third kappa shape index (κ3) is 1.45. The molecule has 0 bridgehead atoms. The number of nitrogens with two attached hydrogens (primary N) is 1. The number of rotatable bonds is 1. The Balaban J connectivity index is 2.97. The molecule has 2 rings (SSSR count). The van der Waals surface area contributed by atoms with Gasteiger partial charge in [0.1, 0.15) is 0 Å². The van der Waals surface area contributed by atoms with Crippen molar-refractivity contribution in [3.63, 3.8) is 0 Å². The second-order valence-electron chi connectivity index (χ2n) is 2.79. The Morgan fingerprint density at radius 2 is 1.87 bits per heavy atom. The lowest BCUT2D eigenvalue weighted by molar-refractivity contribution is 0.499. The maximum atomic E-state index is 13.5. The molecule has 0 saturated heterocycles. The van der Waals surface area contributed by atoms with Gasteiger partial charge in [0, 0.05) is 6.54 Å². The van der Waals surface area contributed by atoms with Crippen molar-refractivity contribution >= 4 is 37.5 Å². The molecule has 1 heterocycles. The molecule has 15 heavy (non-hydrogen) atoms. The highest BCUT2D eigenvalue weighted by atomic mass is 79.9. The summed E-state index contributed by atoms with van der Waals surface area (Å²) in [4.78, 5) is 0. The van der Waals surface area contributed by atoms with Crippen molar-refractivity contribution < 1.29 is 13.2 Å². The van der Waals surface area contributed by atoms with Crippen LogP contribution in [0.3, 0.4) is 0 Å². The van der Waals surface area contributed by atoms with Crippen LogP contribution in [0.4, 0.5) is 13.2 Å². The summed E-state index contributed by atoms with van der Waals surface area (Å²) >= 11 is 3.40. The fraction of sp³-hybridized carbons (Fsp3) is 0.125. The fourth-order valence-corrected chi connectivity index (χ4v) is 2.59. The van der Waals surface area contributed by atoms with Gasteiger partial charge in [-0.25, -0.2) is 13.2 Å². The van der Waals surface area contributed by atoms with E-state index in [1.165, 1.54) is 0 Å². The van der Waals surface area contributed by atoms with Crippen LogP contribution >= 0.6 is 27.5 Å². The van der Waals surface area contributed by atoms with E-state index in [0.29, 0.717) is 0 Å². The summed E-state index contributed by atoms with van der Waals surface area (Å²) < 4.78 is 43.3. The van der Waals surface area contributed by atoms with E-state index < -0.39 is 21.9 Å². The molecule has 1 aromatic carbocycles. The molecule has 0 unspecified atom stereocenters. The quantitative estimate of drug-likeness (QED) is 0.649. The number of hydrogen-bond acceptors (Lipinski definition) is 3. The maximum absolute atomic E-state index is 13.5. The van der Waals surface area contributed by atoms with Crippen molar-refractivity contribution in [1.82, 2.24) is 4.37 Å². The van der Waals surface area contributed by atoms with Gasteiger partial charge >= 0.3 is 0 Å². The molecule has 0 aliphatic carbocycles. The molecule has 80 valence electrons. The minimum absolute atomic E-state index is 0.0266. The summed E-state index contributed by atoms with van der Waals surface area (Å²) in [7, 11) is 0. The molecule has 0 atom stereocenters. The van der Waals surface area contributed by atoms with Gasteiger partial charge in [-0.2, -0.15) is 4.37 Å². The van der Waals surface area contributed by atoms with E-state index >= 15 is 0 Å². The summed E-state index contributed by atoms with van der Waals surface area (Å²) in [6.45, 7) is -0.0581. The van der Waals surface area contributed by atoms with Crippen LogP contribution in [-0.4, -0.2) is 4.37 Å². The Morgan fingerprint density at radius 1 is 1.20 bits per heavy atom. The summed E-state index contributed by atoms with van der Waals surface area (Å²) in [6.07, 6.45) is 0. The molecule has 2 N–H and O–H groups in total. The van der Waals surface area contributed by atoms with Crippen molar-refractivity contribution in [2.45, 2.75) is 6.54 Å². The van der Waals surface area contributed by atoms with Crippen LogP contribution in [0.15, 0.2) is 4.47 Å². The highest BCUT2D eigenvalue weighted by Crippen LogP contribution is 2.34. The minimum Gasteiger partial charge on any atom is -0.325 e. The smallest absolute Gasteiger partial charge is 0.176 e. The zero-order chi connectivity index (χ0) is 11.2. The summed E-state index contributed by atoms with van der Waals surface area (Å²) in [5.74, 6) is -3.22. The predicted octanol–water partition coefficient (Wildman–Crippen LogP) is 2.93. The number of hydrogen-bond donors (Lipinski definition) is 1. The molecule has 1 aromatic heterocycles. The van der Waals surface area contributed by atoms with Gasteiger partial charge in [-0.05, 0) is 27.5 Å². The molecule has 0 saturated carbocycles. The molecule has 0 radical (unpaired) electrons. The first-order chi connectivity index (χ1) is 7.07. The zero-order valence-corrected chi connectivity index (χ0v) is 9.55. The summed E-state index contributed by atoms with van der Waals surface area (Å²) in [5.41, 5.74) is 5.45. The molecule has 2 aromatic rings. The minimum atomic E-state index is -1.25. The molecule has 0 aliphatic rings. The van der Waals surface area contributed by atoms with E-state index in [1.54, 1.807) is 0 Å². The lowest BCUT2D eigenvalue weighted by Crippen LogP contribution is -1.99. The first-order valence-electron chi connectivity index (χ1n) is 3.88. The average molecular weight is 297 g/mol. The van der Waals surface area contributed by atoms with Crippen LogP contribution in [0.25, 0.3) is 10.1 Å². The van der Waals surface area contributed by atoms with Gasteiger partial charge in [0.15, 0.2) is 17.5 Å². The van der Waals surface area contributed by atoms with Gasteiger partial charge in [-0.3, -0.25) is 0 Å². The van der Waals surface area contributed by atoms with Crippen LogP contribution in [0.1, 0.15) is 5.69 Å². The van der Waals surface area contributed by atoms with E-state index in [9.17, 15) is 13.2 Å². The summed E-state index contributed by atoms with van der Waals surface area (Å²) in [5, 5.41) is -0.166. The van der Waals surface area contributed by atoms with E-state index in [-0.39, 0.29) is 22.3 Å². The number of aromatic nitrogens is 1. The van der Waals surface area contributed by atoms with E-state index in [1.807, 2.05) is 0 Å². The number of fused-ring (bicyclic) bond motifs is 1. The Hall–Kier alpha value is -0.660. The third-order valence-electron chi connectivity index (χ3n) is 1.95. The van der Waals surface area contributed by atoms with Crippen LogP contribution in [-0.2, 0) is 6.54 Å². The van der Waals surface area contributed by atoms with E-state index in [0.717, 1.165) is 11.5 Å². The first kappa shape index (κ1) is 10.8. The van der Waals surface area contributed by atoms with Crippen molar-refractivity contribution in [1.29, 1.82) is 0 Å². The van der Waals surface area contributed by atoms with Crippen LogP contribution in [0.2, 0.25) is 0 Å². The monoisotopic (exact) mass is 296 g/mol. The molecule has 0 amide bonds. The molecule has 0 aliphatic heterocycles. The third-order valence-corrected chi connectivity index (χ3v) is 3.53. The number of benzene rings is 1. The standard InChI is InChI=1S/C8H4BrF3N2S/c9-4-6(11)5(10)3-2(1-13)14-15-8(3)7(4)12/h1,13H2. The van der Waals surface area contributed by atoms with Crippen molar-refractivity contribution in [3.05, 3.63) is 27.6 Å². The molecule has 7 heteroatoms. The van der Waals surface area contributed by atoms with Crippen LogP contribution < -0.4 is 5.73 Å². The van der Waals surface area contributed by atoms with Gasteiger partial charge < -0.3 is 5.73 Å². The summed E-state index contributed by atoms with van der Waals surface area (Å²) in [6, 6.07) is 0. The van der Waals surface area contributed by atoms with E-state index in [4.69, 9.17) is 5.73 Å². The highest BCUT2D eigenvalue weighted by Gasteiger charge is 2.22. The second kappa shape index (κ2) is 3.73. The second-order valence-corrected chi connectivity index (χ2v) is 4.36. The highest BCUT2D eigenvalue weighted by molar-refractivity contribution is 9.10. The van der Waals surface area contributed by atoms with Gasteiger partial charge in [0.25, 0.3) is 0 Å². The lowest BCUT2D eigenvalue weighted by Gasteiger charge is -2.01. The average Bonchev–Trinajstić information content (AvgIpc) is 2.67. The van der Waals surface area contributed by atoms with Crippen molar-refractivity contribution in [2.24, 2.45) is 5.73 Å². The first-order valence-corrected chi connectivity index (χ1v) is 5.44. The van der Waals surface area contributed by atoms with Crippen molar-refractivity contribution in [2.75, 3.05) is 0 Å². The Morgan fingerprint density at radius 3 is 2.47 bits per heavy atom. The van der Waals surface area contributed by atoms with Crippen LogP contribution in [0.5, 0.6) is 0 Å². The van der Waals surface area contributed by atoms with Crippen molar-refractivity contribution in [3.8, 4) is 0 Å². The normalized spacial score (nSPS) is 11.3. The Kier molecular flexibility index (Phi) is 2.70. The SMILES string of the molecule is NCc1nsc2c(F)c(Br)c(F)c(F)c12. The predicted molar refractivity (Wildman–Crippen MR) is 55.1 cm³/mol. The topological polar surface area (TPSA) is 38.9 Å². The molecule has 0 fully saturated rings. The molecular formula is C8H4BrF3N2S. The maximum Gasteiger partial charge on any atom is 0.176 e. The van der Waals surface area contributed by atoms with Gasteiger partial charge in [0.2, 0.25) is 0 Å². The Labute approximate surface area is 95.2 Å². The lowest BCUT2D eigenvalue weighted by atomic mass is 10.2. The molecule has 2 nitrogen and oxygen atoms in total. The van der Waals surface area contributed by atoms with E-state index in [2.05, 4.69) is 20.3 Å². The Bertz CT molecular complexity index is 540. The molecular weight excluding hydrogens is 293 g/mol. The zero-order valence-electron chi connectivity index (χ0n) is 7.15. The van der Waals surface area contributed by atoms with Gasteiger partial charge in [0.05, 0.1) is 20.3 Å². The van der Waals surface area contributed by atoms with Gasteiger partial charge in [-0.15, -0.1) is 0 Å². The molecule has 0 spiro atoms. The number of nitrogens with zero attached hydrogens (tertiary/aromatic N) is 1. The van der Waals surface area contributed by atoms with Crippen LogP contribution in [0, 0.1) is 17.5 Å². The van der Waals surface area contributed by atoms with Gasteiger partial charge in [-0.1, -0.05) is 0 Å². The fourth-order valence-electron chi connectivity index (χ4n) is 1.24. The number of halogens is 4.